The molecule has 0 spiro atoms. The van der Waals surface area contributed by atoms with Crippen molar-refractivity contribution in [1.29, 1.82) is 0 Å². The van der Waals surface area contributed by atoms with E-state index in [4.69, 9.17) is 9.78 Å². The number of nitrogens with zero attached hydrogens (tertiary/aromatic N) is 2. The Morgan fingerprint density at radius 1 is 1.00 bits per heavy atom. The Balaban J connectivity index is 0.000000706. The van der Waals surface area contributed by atoms with E-state index in [-0.39, 0.29) is 12.2 Å². The van der Waals surface area contributed by atoms with Gasteiger partial charge in [-0.2, -0.15) is 0 Å². The molecule has 0 unspecified atom stereocenters. The van der Waals surface area contributed by atoms with Crippen LogP contribution in [0.2, 0.25) is 0 Å². The lowest BCUT2D eigenvalue weighted by Crippen LogP contribution is -2.18. The summed E-state index contributed by atoms with van der Waals surface area (Å²) in [6.45, 7) is 2.15. The van der Waals surface area contributed by atoms with Crippen molar-refractivity contribution < 1.29 is 9.18 Å². The van der Waals surface area contributed by atoms with Crippen molar-refractivity contribution in [1.82, 2.24) is 4.98 Å². The largest absolute Gasteiger partial charge is 0.372 e. The maximum atomic E-state index is 13.8. The molecular weight excluding hydrogens is 355 g/mol. The molecule has 1 saturated heterocycles. The van der Waals surface area contributed by atoms with Crippen LogP contribution in [0, 0.1) is 5.82 Å². The van der Waals surface area contributed by atoms with E-state index in [9.17, 15) is 4.39 Å². The summed E-state index contributed by atoms with van der Waals surface area (Å²) in [7, 11) is 0. The van der Waals surface area contributed by atoms with Gasteiger partial charge in [-0.05, 0) is 49.2 Å². The summed E-state index contributed by atoms with van der Waals surface area (Å²) in [5.41, 5.74) is 7.43. The van der Waals surface area contributed by atoms with Crippen molar-refractivity contribution in [3.05, 3.63) is 72.5 Å². The van der Waals surface area contributed by atoms with E-state index in [1.165, 1.54) is 18.9 Å². The average molecular weight is 378 g/mol. The fourth-order valence-corrected chi connectivity index (χ4v) is 3.18. The van der Waals surface area contributed by atoms with E-state index < -0.39 is 0 Å². The Morgan fingerprint density at radius 3 is 2.46 bits per heavy atom. The fraction of sp³-hybridized carbons (Fsp3) is 0.182. The number of pyridine rings is 1. The van der Waals surface area contributed by atoms with Crippen LogP contribution in [0.4, 0.5) is 21.6 Å². The number of aromatic nitrogens is 1. The van der Waals surface area contributed by atoms with Gasteiger partial charge in [0.1, 0.15) is 11.6 Å². The van der Waals surface area contributed by atoms with Gasteiger partial charge in [0, 0.05) is 24.3 Å². The predicted octanol–water partition coefficient (Wildman–Crippen LogP) is 4.33. The zero-order valence-electron chi connectivity index (χ0n) is 15.5. The van der Waals surface area contributed by atoms with Crippen molar-refractivity contribution in [2.75, 3.05) is 23.3 Å². The second kappa shape index (κ2) is 9.50. The van der Waals surface area contributed by atoms with Crippen molar-refractivity contribution in [2.45, 2.75) is 12.8 Å². The van der Waals surface area contributed by atoms with Crippen LogP contribution in [0.3, 0.4) is 0 Å². The first-order valence-corrected chi connectivity index (χ1v) is 9.20. The smallest absolute Gasteiger partial charge is 0.204 e. The quantitative estimate of drug-likeness (QED) is 0.663. The number of anilines is 3. The summed E-state index contributed by atoms with van der Waals surface area (Å²) in [5.74, 6) is 0.768. The van der Waals surface area contributed by atoms with E-state index in [2.05, 4.69) is 22.0 Å². The molecule has 3 aromatic rings. The second-order valence-corrected chi connectivity index (χ2v) is 6.40. The highest BCUT2D eigenvalue weighted by Gasteiger charge is 2.14. The van der Waals surface area contributed by atoms with Crippen molar-refractivity contribution in [3.63, 3.8) is 0 Å². The van der Waals surface area contributed by atoms with Gasteiger partial charge in [0.2, 0.25) is 6.41 Å². The fourth-order valence-electron chi connectivity index (χ4n) is 3.18. The third-order valence-electron chi connectivity index (χ3n) is 4.48. The van der Waals surface area contributed by atoms with Gasteiger partial charge in [-0.25, -0.2) is 9.37 Å². The zero-order valence-corrected chi connectivity index (χ0v) is 15.5. The molecule has 28 heavy (non-hydrogen) atoms. The lowest BCUT2D eigenvalue weighted by molar-refractivity contribution is -0.106. The highest BCUT2D eigenvalue weighted by Crippen LogP contribution is 2.27. The van der Waals surface area contributed by atoms with E-state index >= 15 is 0 Å². The number of nitrogens with one attached hydrogen (secondary N) is 1. The number of carbonyl (C=O) groups is 1. The molecule has 144 valence electrons. The summed E-state index contributed by atoms with van der Waals surface area (Å²) in [6, 6.07) is 20.7. The summed E-state index contributed by atoms with van der Waals surface area (Å²) in [4.78, 5) is 15.7. The first kappa shape index (κ1) is 19.4. The van der Waals surface area contributed by atoms with E-state index in [1.54, 1.807) is 12.1 Å². The molecule has 2 aromatic carbocycles. The summed E-state index contributed by atoms with van der Waals surface area (Å²) in [6.07, 6.45) is 2.71. The molecule has 1 aliphatic rings. The Labute approximate surface area is 164 Å². The minimum absolute atomic E-state index is 0.250. The van der Waals surface area contributed by atoms with E-state index in [1.807, 2.05) is 42.5 Å². The van der Waals surface area contributed by atoms with E-state index in [0.29, 0.717) is 5.69 Å². The Hall–Kier alpha value is -3.41. The van der Waals surface area contributed by atoms with Gasteiger partial charge in [0.05, 0.1) is 11.4 Å². The molecule has 0 atom stereocenters. The first-order chi connectivity index (χ1) is 13.7. The van der Waals surface area contributed by atoms with Gasteiger partial charge in [0.15, 0.2) is 0 Å². The Bertz CT molecular complexity index is 926. The molecule has 0 radical (unpaired) electrons. The standard InChI is InChI=1S/C21H20FN3.CH3NO/c22-18-9-1-2-10-20(18)23-17-8-5-7-16(15-17)19-11-6-12-21(24-19)25-13-3-4-14-25;2-1-3/h1-2,5-12,15,23H,3-4,13-14H2;1H,(H2,2,3). The van der Waals surface area contributed by atoms with E-state index in [0.717, 1.165) is 35.9 Å². The lowest BCUT2D eigenvalue weighted by atomic mass is 10.1. The molecule has 1 fully saturated rings. The lowest BCUT2D eigenvalue weighted by Gasteiger charge is -2.17. The summed E-state index contributed by atoms with van der Waals surface area (Å²) in [5, 5.41) is 3.14. The molecule has 0 aliphatic carbocycles. The highest BCUT2D eigenvalue weighted by atomic mass is 19.1. The number of para-hydroxylation sites is 1. The van der Waals surface area contributed by atoms with Crippen LogP contribution < -0.4 is 16.0 Å². The number of halogens is 1. The summed E-state index contributed by atoms with van der Waals surface area (Å²) < 4.78 is 13.8. The average Bonchev–Trinajstić information content (AvgIpc) is 3.26. The van der Waals surface area contributed by atoms with Crippen LogP contribution in [-0.4, -0.2) is 24.5 Å². The number of rotatable bonds is 4. The SMILES string of the molecule is Fc1ccccc1Nc1cccc(-c2cccc(N3CCCC3)n2)c1.NC=O. The molecule has 1 aromatic heterocycles. The molecular formula is C22H23FN4O. The van der Waals surface area contributed by atoms with Crippen LogP contribution in [0.15, 0.2) is 66.7 Å². The number of carbonyl (C=O) groups excluding carboxylic acids is 1. The molecule has 2 heterocycles. The molecule has 1 aliphatic heterocycles. The minimum Gasteiger partial charge on any atom is -0.372 e. The Morgan fingerprint density at radius 2 is 1.71 bits per heavy atom. The third kappa shape index (κ3) is 4.85. The van der Waals surface area contributed by atoms with Crippen LogP contribution in [0.1, 0.15) is 12.8 Å². The number of primary amides is 1. The van der Waals surface area contributed by atoms with Gasteiger partial charge in [-0.1, -0.05) is 30.3 Å². The van der Waals surface area contributed by atoms with Crippen LogP contribution in [-0.2, 0) is 4.79 Å². The van der Waals surface area contributed by atoms with Crippen LogP contribution in [0.5, 0.6) is 0 Å². The van der Waals surface area contributed by atoms with Crippen LogP contribution >= 0.6 is 0 Å². The number of hydrogen-bond donors (Lipinski definition) is 2. The molecule has 5 nitrogen and oxygen atoms in total. The molecule has 0 saturated carbocycles. The summed E-state index contributed by atoms with van der Waals surface area (Å²) >= 11 is 0. The maximum absolute atomic E-state index is 13.8. The van der Waals surface area contributed by atoms with Gasteiger partial charge < -0.3 is 16.0 Å². The number of hydrogen-bond acceptors (Lipinski definition) is 4. The monoisotopic (exact) mass is 378 g/mol. The highest BCUT2D eigenvalue weighted by molar-refractivity contribution is 5.69. The maximum Gasteiger partial charge on any atom is 0.204 e. The van der Waals surface area contributed by atoms with Gasteiger partial charge in [-0.3, -0.25) is 4.79 Å². The predicted molar refractivity (Wildman–Crippen MR) is 111 cm³/mol. The topological polar surface area (TPSA) is 71.2 Å². The number of benzene rings is 2. The zero-order chi connectivity index (χ0) is 19.8. The molecule has 3 N–H and O–H groups in total. The molecule has 4 rings (SSSR count). The van der Waals surface area contributed by atoms with Gasteiger partial charge >= 0.3 is 0 Å². The van der Waals surface area contributed by atoms with Crippen molar-refractivity contribution in [2.24, 2.45) is 5.73 Å². The molecule has 1 amide bonds. The van der Waals surface area contributed by atoms with Crippen LogP contribution in [0.25, 0.3) is 11.3 Å². The normalized spacial score (nSPS) is 12.8. The van der Waals surface area contributed by atoms with Crippen molar-refractivity contribution >= 4 is 23.6 Å². The van der Waals surface area contributed by atoms with Gasteiger partial charge in [0.25, 0.3) is 0 Å². The molecule has 0 bridgehead atoms. The van der Waals surface area contributed by atoms with Crippen molar-refractivity contribution in [3.8, 4) is 11.3 Å². The number of amides is 1. The van der Waals surface area contributed by atoms with Gasteiger partial charge in [-0.15, -0.1) is 0 Å². The first-order valence-electron chi connectivity index (χ1n) is 9.20. The Kier molecular flexibility index (Phi) is 6.57. The second-order valence-electron chi connectivity index (χ2n) is 6.40. The minimum atomic E-state index is -0.262. The molecule has 6 heteroatoms. The number of nitrogens with two attached hydrogens (primary N) is 1. The third-order valence-corrected chi connectivity index (χ3v) is 4.48.